The minimum Gasteiger partial charge on any atom is -0.289 e. The Morgan fingerprint density at radius 3 is 2.00 bits per heavy atom. The Balaban J connectivity index is 2.24. The zero-order valence-electron chi connectivity index (χ0n) is 13.9. The zero-order valence-corrected chi connectivity index (χ0v) is 14.7. The van der Waals surface area contributed by atoms with Crippen molar-refractivity contribution in [2.24, 2.45) is 5.41 Å². The number of carbonyl (C=O) groups excluding carboxylic acids is 2. The van der Waals surface area contributed by atoms with E-state index in [4.69, 9.17) is 5.21 Å². The lowest BCUT2D eigenvalue weighted by Crippen LogP contribution is -2.40. The largest absolute Gasteiger partial charge is 0.289 e. The molecule has 2 N–H and O–H groups in total. The number of rotatable bonds is 6. The molecule has 1 amide bonds. The number of hydrogen-bond acceptors (Lipinski definition) is 5. The Hall–Kier alpha value is -2.51. The van der Waals surface area contributed by atoms with Crippen molar-refractivity contribution < 1.29 is 23.2 Å². The van der Waals surface area contributed by atoms with E-state index in [1.165, 1.54) is 43.6 Å². The van der Waals surface area contributed by atoms with E-state index in [1.54, 1.807) is 30.3 Å². The molecule has 0 aliphatic carbocycles. The van der Waals surface area contributed by atoms with Gasteiger partial charge in [0.1, 0.15) is 0 Å². The van der Waals surface area contributed by atoms with Gasteiger partial charge in [-0.25, -0.2) is 13.9 Å². The molecule has 6 nitrogen and oxygen atoms in total. The number of benzene rings is 2. The van der Waals surface area contributed by atoms with Crippen LogP contribution in [0.3, 0.4) is 0 Å². The summed E-state index contributed by atoms with van der Waals surface area (Å²) in [5.41, 5.74) is 1.06. The second-order valence-corrected chi connectivity index (χ2v) is 8.29. The van der Waals surface area contributed by atoms with Crippen molar-refractivity contribution >= 4 is 21.5 Å². The minimum absolute atomic E-state index is 0.0101. The average Bonchev–Trinajstić information content (AvgIpc) is 2.60. The summed E-state index contributed by atoms with van der Waals surface area (Å²) in [5, 5.41) is 8.71. The molecular formula is C18H19NO5S. The molecule has 0 heterocycles. The van der Waals surface area contributed by atoms with Gasteiger partial charge in [-0.15, -0.1) is 0 Å². The van der Waals surface area contributed by atoms with Gasteiger partial charge in [-0.2, -0.15) is 0 Å². The molecule has 0 aliphatic heterocycles. The van der Waals surface area contributed by atoms with Gasteiger partial charge in [-0.05, 0) is 38.1 Å². The van der Waals surface area contributed by atoms with Crippen molar-refractivity contribution in [3.8, 4) is 0 Å². The van der Waals surface area contributed by atoms with Crippen LogP contribution in [0.1, 0.15) is 29.8 Å². The summed E-state index contributed by atoms with van der Waals surface area (Å²) in [7, 11) is -3.76. The third-order valence-electron chi connectivity index (χ3n) is 3.78. The fraction of sp³-hybridized carbons (Fsp3) is 0.222. The van der Waals surface area contributed by atoms with Crippen LogP contribution >= 0.6 is 0 Å². The summed E-state index contributed by atoms with van der Waals surface area (Å²) in [4.78, 5) is 23.9. The normalized spacial score (nSPS) is 11.8. The second kappa shape index (κ2) is 7.16. The fourth-order valence-electron chi connectivity index (χ4n) is 2.35. The van der Waals surface area contributed by atoms with Crippen molar-refractivity contribution in [2.45, 2.75) is 18.7 Å². The van der Waals surface area contributed by atoms with E-state index in [0.717, 1.165) is 0 Å². The van der Waals surface area contributed by atoms with Gasteiger partial charge < -0.3 is 0 Å². The molecule has 2 aromatic carbocycles. The van der Waals surface area contributed by atoms with E-state index in [2.05, 4.69) is 0 Å². The standard InChI is InChI=1S/C18H19NO5S/c1-18(2,17(21)19-22)12-25(23,24)15-10-8-14(9-11-15)16(20)13-6-4-3-5-7-13/h3-11,22H,12H2,1-2H3,(H,19,21). The highest BCUT2D eigenvalue weighted by atomic mass is 32.2. The van der Waals surface area contributed by atoms with E-state index in [0.29, 0.717) is 11.1 Å². The molecule has 0 unspecified atom stereocenters. The first-order valence-corrected chi connectivity index (χ1v) is 9.20. The number of amides is 1. The lowest BCUT2D eigenvalue weighted by Gasteiger charge is -2.21. The second-order valence-electron chi connectivity index (χ2n) is 6.30. The van der Waals surface area contributed by atoms with Crippen LogP contribution in [0.5, 0.6) is 0 Å². The van der Waals surface area contributed by atoms with Crippen LogP contribution < -0.4 is 5.48 Å². The van der Waals surface area contributed by atoms with E-state index in [9.17, 15) is 18.0 Å². The van der Waals surface area contributed by atoms with Crippen LogP contribution in [0, 0.1) is 5.41 Å². The Morgan fingerprint density at radius 2 is 1.48 bits per heavy atom. The summed E-state index contributed by atoms with van der Waals surface area (Å²) < 4.78 is 24.9. The number of hydroxylamine groups is 1. The Labute approximate surface area is 146 Å². The molecule has 0 saturated carbocycles. The maximum Gasteiger partial charge on any atom is 0.250 e. The average molecular weight is 361 g/mol. The third kappa shape index (κ3) is 4.32. The lowest BCUT2D eigenvalue weighted by atomic mass is 9.96. The first kappa shape index (κ1) is 18.8. The Kier molecular flexibility index (Phi) is 5.39. The smallest absolute Gasteiger partial charge is 0.250 e. The van der Waals surface area contributed by atoms with Crippen molar-refractivity contribution in [1.29, 1.82) is 0 Å². The van der Waals surface area contributed by atoms with Crippen molar-refractivity contribution in [3.05, 3.63) is 65.7 Å². The van der Waals surface area contributed by atoms with Crippen LogP contribution in [0.4, 0.5) is 0 Å². The molecule has 2 rings (SSSR count). The molecule has 7 heteroatoms. The van der Waals surface area contributed by atoms with Gasteiger partial charge in [0.2, 0.25) is 5.91 Å². The summed E-state index contributed by atoms with van der Waals surface area (Å²) in [6.07, 6.45) is 0. The molecule has 0 saturated heterocycles. The molecule has 2 aromatic rings. The number of nitrogens with one attached hydrogen (secondary N) is 1. The van der Waals surface area contributed by atoms with Crippen LogP contribution in [-0.2, 0) is 14.6 Å². The number of hydrogen-bond donors (Lipinski definition) is 2. The van der Waals surface area contributed by atoms with Crippen LogP contribution in [0.25, 0.3) is 0 Å². The SMILES string of the molecule is CC(C)(CS(=O)(=O)c1ccc(C(=O)c2ccccc2)cc1)C(=O)NO. The Bertz CT molecular complexity index is 871. The summed E-state index contributed by atoms with van der Waals surface area (Å²) in [6.45, 7) is 2.84. The molecule has 0 aliphatic rings. The van der Waals surface area contributed by atoms with Gasteiger partial charge in [0.25, 0.3) is 0 Å². The van der Waals surface area contributed by atoms with Crippen molar-refractivity contribution in [1.82, 2.24) is 5.48 Å². The van der Waals surface area contributed by atoms with Gasteiger partial charge in [0, 0.05) is 11.1 Å². The van der Waals surface area contributed by atoms with E-state index >= 15 is 0 Å². The predicted octanol–water partition coefficient (Wildman–Crippen LogP) is 2.22. The van der Waals surface area contributed by atoms with Gasteiger partial charge in [0.15, 0.2) is 15.6 Å². The van der Waals surface area contributed by atoms with Gasteiger partial charge in [-0.3, -0.25) is 14.8 Å². The van der Waals surface area contributed by atoms with Crippen molar-refractivity contribution in [2.75, 3.05) is 5.75 Å². The van der Waals surface area contributed by atoms with Crippen LogP contribution in [-0.4, -0.2) is 31.1 Å². The minimum atomic E-state index is -3.76. The maximum absolute atomic E-state index is 12.5. The van der Waals surface area contributed by atoms with E-state index in [-0.39, 0.29) is 10.7 Å². The van der Waals surface area contributed by atoms with Gasteiger partial charge in [0.05, 0.1) is 16.1 Å². The van der Waals surface area contributed by atoms with E-state index < -0.39 is 26.9 Å². The van der Waals surface area contributed by atoms with Crippen LogP contribution in [0.2, 0.25) is 0 Å². The lowest BCUT2D eigenvalue weighted by molar-refractivity contribution is -0.136. The predicted molar refractivity (Wildman–Crippen MR) is 92.1 cm³/mol. The van der Waals surface area contributed by atoms with Crippen molar-refractivity contribution in [3.63, 3.8) is 0 Å². The quantitative estimate of drug-likeness (QED) is 0.467. The van der Waals surface area contributed by atoms with E-state index in [1.807, 2.05) is 0 Å². The number of carbonyl (C=O) groups is 2. The Morgan fingerprint density at radius 1 is 0.960 bits per heavy atom. The molecular weight excluding hydrogens is 342 g/mol. The van der Waals surface area contributed by atoms with Gasteiger partial charge >= 0.3 is 0 Å². The molecule has 0 aromatic heterocycles. The van der Waals surface area contributed by atoms with Crippen LogP contribution in [0.15, 0.2) is 59.5 Å². The summed E-state index contributed by atoms with van der Waals surface area (Å²) in [6, 6.07) is 14.3. The molecule has 25 heavy (non-hydrogen) atoms. The zero-order chi connectivity index (χ0) is 18.7. The molecule has 132 valence electrons. The molecule has 0 spiro atoms. The summed E-state index contributed by atoms with van der Waals surface area (Å²) in [5.74, 6) is -1.46. The molecule has 0 fully saturated rings. The first-order chi connectivity index (χ1) is 11.7. The molecule has 0 atom stereocenters. The number of ketones is 1. The fourth-order valence-corrected chi connectivity index (χ4v) is 4.14. The topological polar surface area (TPSA) is 101 Å². The first-order valence-electron chi connectivity index (χ1n) is 7.54. The molecule has 0 bridgehead atoms. The highest BCUT2D eigenvalue weighted by Gasteiger charge is 2.34. The molecule has 0 radical (unpaired) electrons. The highest BCUT2D eigenvalue weighted by Crippen LogP contribution is 2.23. The van der Waals surface area contributed by atoms with Gasteiger partial charge in [-0.1, -0.05) is 30.3 Å². The maximum atomic E-state index is 12.5. The summed E-state index contributed by atoms with van der Waals surface area (Å²) >= 11 is 0. The monoisotopic (exact) mass is 361 g/mol. The number of sulfone groups is 1. The highest BCUT2D eigenvalue weighted by molar-refractivity contribution is 7.91. The third-order valence-corrected chi connectivity index (χ3v) is 5.87.